The molecular weight excluding hydrogens is 372 g/mol. The number of carbonyl (C=O) groups is 1. The summed E-state index contributed by atoms with van der Waals surface area (Å²) >= 11 is 5.28. The first-order valence-corrected chi connectivity index (χ1v) is 9.61. The normalized spacial score (nSPS) is 16.4. The predicted molar refractivity (Wildman–Crippen MR) is 113 cm³/mol. The summed E-state index contributed by atoms with van der Waals surface area (Å²) in [7, 11) is 0. The summed E-state index contributed by atoms with van der Waals surface area (Å²) in [5.41, 5.74) is 3.24. The highest BCUT2D eigenvalue weighted by atomic mass is 32.1. The van der Waals surface area contributed by atoms with Crippen LogP contribution in [0.5, 0.6) is 5.75 Å². The fraction of sp³-hybridized carbons (Fsp3) is 0.273. The van der Waals surface area contributed by atoms with Crippen LogP contribution >= 0.6 is 12.2 Å². The Kier molecular flexibility index (Phi) is 6.31. The standard InChI is InChI=1S/C22H24N2O3S/c1-14(2)27-21(25)19-15(3)23-22(28)24-20(19)17-9-11-18(12-10-17)26-13-16-7-5-4-6-8-16/h4-12,14,20H,13H2,1-3H3,(H2,23,24,28). The van der Waals surface area contributed by atoms with Gasteiger partial charge in [-0.3, -0.25) is 0 Å². The molecule has 0 aromatic heterocycles. The Balaban J connectivity index is 1.77. The van der Waals surface area contributed by atoms with E-state index in [2.05, 4.69) is 10.6 Å². The van der Waals surface area contributed by atoms with Gasteiger partial charge >= 0.3 is 5.97 Å². The fourth-order valence-corrected chi connectivity index (χ4v) is 3.26. The molecule has 2 aromatic carbocycles. The second-order valence-corrected chi connectivity index (χ2v) is 7.28. The van der Waals surface area contributed by atoms with E-state index in [0.29, 0.717) is 23.0 Å². The molecule has 6 heteroatoms. The smallest absolute Gasteiger partial charge is 0.338 e. The molecule has 1 aliphatic rings. The second-order valence-electron chi connectivity index (χ2n) is 6.87. The Bertz CT molecular complexity index is 876. The lowest BCUT2D eigenvalue weighted by Gasteiger charge is -2.30. The first-order chi connectivity index (χ1) is 13.4. The van der Waals surface area contributed by atoms with Crippen LogP contribution in [-0.2, 0) is 16.1 Å². The van der Waals surface area contributed by atoms with Crippen LogP contribution in [0.4, 0.5) is 0 Å². The SMILES string of the molecule is CC1=C(C(=O)OC(C)C)C(c2ccc(OCc3ccccc3)cc2)NC(=S)N1. The van der Waals surface area contributed by atoms with E-state index in [1.54, 1.807) is 0 Å². The van der Waals surface area contributed by atoms with Gasteiger partial charge in [0.05, 0.1) is 17.7 Å². The third-order valence-electron chi connectivity index (χ3n) is 4.29. The molecule has 0 spiro atoms. The number of benzene rings is 2. The Morgan fingerprint density at radius 1 is 1.11 bits per heavy atom. The van der Waals surface area contributed by atoms with E-state index >= 15 is 0 Å². The molecule has 0 saturated carbocycles. The van der Waals surface area contributed by atoms with Crippen molar-refractivity contribution in [1.82, 2.24) is 10.6 Å². The van der Waals surface area contributed by atoms with Crippen molar-refractivity contribution in [3.05, 3.63) is 77.0 Å². The maximum Gasteiger partial charge on any atom is 0.338 e. The summed E-state index contributed by atoms with van der Waals surface area (Å²) in [4.78, 5) is 12.6. The van der Waals surface area contributed by atoms with E-state index in [-0.39, 0.29) is 18.1 Å². The van der Waals surface area contributed by atoms with E-state index in [4.69, 9.17) is 21.7 Å². The Morgan fingerprint density at radius 3 is 2.43 bits per heavy atom. The second kappa shape index (κ2) is 8.89. The van der Waals surface area contributed by atoms with Crippen LogP contribution in [0.25, 0.3) is 0 Å². The number of hydrogen-bond acceptors (Lipinski definition) is 4. The molecule has 28 heavy (non-hydrogen) atoms. The summed E-state index contributed by atoms with van der Waals surface area (Å²) < 4.78 is 11.3. The molecule has 3 rings (SSSR count). The van der Waals surface area contributed by atoms with Gasteiger partial charge in [0.1, 0.15) is 12.4 Å². The number of hydrogen-bond donors (Lipinski definition) is 2. The van der Waals surface area contributed by atoms with Crippen LogP contribution < -0.4 is 15.4 Å². The minimum absolute atomic E-state index is 0.198. The number of nitrogens with one attached hydrogen (secondary N) is 2. The number of esters is 1. The maximum absolute atomic E-state index is 12.6. The average molecular weight is 397 g/mol. The van der Waals surface area contributed by atoms with E-state index in [1.165, 1.54) is 0 Å². The zero-order valence-electron chi connectivity index (χ0n) is 16.2. The van der Waals surface area contributed by atoms with Crippen LogP contribution in [0, 0.1) is 0 Å². The fourth-order valence-electron chi connectivity index (χ4n) is 2.99. The van der Waals surface area contributed by atoms with Gasteiger partial charge in [0.2, 0.25) is 0 Å². The summed E-state index contributed by atoms with van der Waals surface area (Å²) in [6, 6.07) is 17.3. The molecule has 0 saturated heterocycles. The third kappa shape index (κ3) is 4.89. The van der Waals surface area contributed by atoms with Crippen LogP contribution in [0.1, 0.15) is 37.9 Å². The first kappa shape index (κ1) is 19.9. The molecule has 0 bridgehead atoms. The first-order valence-electron chi connectivity index (χ1n) is 9.20. The average Bonchev–Trinajstić information content (AvgIpc) is 2.66. The van der Waals surface area contributed by atoms with Crippen LogP contribution in [-0.4, -0.2) is 17.2 Å². The van der Waals surface area contributed by atoms with Crippen LogP contribution in [0.2, 0.25) is 0 Å². The van der Waals surface area contributed by atoms with Gasteiger partial charge in [-0.15, -0.1) is 0 Å². The highest BCUT2D eigenvalue weighted by Gasteiger charge is 2.31. The van der Waals surface area contributed by atoms with Gasteiger partial charge in [-0.2, -0.15) is 0 Å². The Morgan fingerprint density at radius 2 is 1.79 bits per heavy atom. The summed E-state index contributed by atoms with van der Waals surface area (Å²) in [6.07, 6.45) is -0.198. The lowest BCUT2D eigenvalue weighted by atomic mass is 9.95. The summed E-state index contributed by atoms with van der Waals surface area (Å²) in [5.74, 6) is 0.403. The minimum Gasteiger partial charge on any atom is -0.489 e. The van der Waals surface area contributed by atoms with Crippen molar-refractivity contribution in [3.63, 3.8) is 0 Å². The molecule has 0 radical (unpaired) electrons. The van der Waals surface area contributed by atoms with Crippen molar-refractivity contribution in [2.24, 2.45) is 0 Å². The van der Waals surface area contributed by atoms with Crippen LogP contribution in [0.15, 0.2) is 65.9 Å². The van der Waals surface area contributed by atoms with E-state index in [9.17, 15) is 4.79 Å². The molecule has 0 fully saturated rings. The molecule has 1 aliphatic heterocycles. The lowest BCUT2D eigenvalue weighted by Crippen LogP contribution is -2.45. The molecule has 0 amide bonds. The van der Waals surface area contributed by atoms with Crippen molar-refractivity contribution in [1.29, 1.82) is 0 Å². The van der Waals surface area contributed by atoms with Crippen LogP contribution in [0.3, 0.4) is 0 Å². The maximum atomic E-state index is 12.6. The number of rotatable bonds is 6. The van der Waals surface area contributed by atoms with Gasteiger partial charge in [-0.1, -0.05) is 42.5 Å². The monoisotopic (exact) mass is 396 g/mol. The number of thiocarbonyl (C=S) groups is 1. The van der Waals surface area contributed by atoms with Gasteiger partial charge in [0.15, 0.2) is 5.11 Å². The molecule has 2 N–H and O–H groups in total. The molecule has 1 heterocycles. The molecule has 2 aromatic rings. The van der Waals surface area contributed by atoms with Crippen molar-refractivity contribution in [2.45, 2.75) is 39.5 Å². The predicted octanol–water partition coefficient (Wildman–Crippen LogP) is 4.01. The molecule has 1 atom stereocenters. The number of allylic oxidation sites excluding steroid dienone is 1. The van der Waals surface area contributed by atoms with E-state index in [0.717, 1.165) is 16.9 Å². The van der Waals surface area contributed by atoms with Crippen molar-refractivity contribution in [2.75, 3.05) is 0 Å². The van der Waals surface area contributed by atoms with Gasteiger partial charge in [-0.05, 0) is 56.2 Å². The van der Waals surface area contributed by atoms with Gasteiger partial charge in [-0.25, -0.2) is 4.79 Å². The highest BCUT2D eigenvalue weighted by molar-refractivity contribution is 7.80. The van der Waals surface area contributed by atoms with Crippen molar-refractivity contribution >= 4 is 23.3 Å². The molecule has 5 nitrogen and oxygen atoms in total. The summed E-state index contributed by atoms with van der Waals surface area (Å²) in [5, 5.41) is 6.65. The number of ether oxygens (including phenoxy) is 2. The third-order valence-corrected chi connectivity index (χ3v) is 4.51. The minimum atomic E-state index is -0.372. The quantitative estimate of drug-likeness (QED) is 0.568. The van der Waals surface area contributed by atoms with Crippen molar-refractivity contribution < 1.29 is 14.3 Å². The molecule has 1 unspecified atom stereocenters. The van der Waals surface area contributed by atoms with E-state index in [1.807, 2.05) is 75.4 Å². The molecule has 146 valence electrons. The zero-order chi connectivity index (χ0) is 20.1. The van der Waals surface area contributed by atoms with Gasteiger partial charge < -0.3 is 20.1 Å². The van der Waals surface area contributed by atoms with Gasteiger partial charge in [0, 0.05) is 5.70 Å². The van der Waals surface area contributed by atoms with Crippen molar-refractivity contribution in [3.8, 4) is 5.75 Å². The Labute approximate surface area is 170 Å². The lowest BCUT2D eigenvalue weighted by molar-refractivity contribution is -0.143. The summed E-state index contributed by atoms with van der Waals surface area (Å²) in [6.45, 7) is 5.99. The highest BCUT2D eigenvalue weighted by Crippen LogP contribution is 2.29. The van der Waals surface area contributed by atoms with E-state index < -0.39 is 0 Å². The van der Waals surface area contributed by atoms with Gasteiger partial charge in [0.25, 0.3) is 0 Å². The zero-order valence-corrected chi connectivity index (χ0v) is 17.0. The Hall–Kier alpha value is -2.86. The largest absolute Gasteiger partial charge is 0.489 e. The molecule has 0 aliphatic carbocycles. The molecular formula is C22H24N2O3S. The topological polar surface area (TPSA) is 59.6 Å². The number of carbonyl (C=O) groups excluding carboxylic acids is 1.